The van der Waals surface area contributed by atoms with E-state index in [2.05, 4.69) is 39.2 Å². The number of carbonyl (C=O) groups is 3. The predicted octanol–water partition coefficient (Wildman–Crippen LogP) is 8.56. The van der Waals surface area contributed by atoms with E-state index in [4.69, 9.17) is 4.84 Å². The first-order valence-corrected chi connectivity index (χ1v) is 15.4. The normalized spacial score (nSPS) is 12.3. The smallest absolute Gasteiger partial charge is 0.331 e. The Bertz CT molecular complexity index is 1780. The zero-order valence-electron chi connectivity index (χ0n) is 23.7. The van der Waals surface area contributed by atoms with Crippen LogP contribution in [0.2, 0.25) is 0 Å². The lowest BCUT2D eigenvalue weighted by Crippen LogP contribution is -2.16. The second kappa shape index (κ2) is 14.2. The van der Waals surface area contributed by atoms with Gasteiger partial charge in [0.1, 0.15) is 5.71 Å². The summed E-state index contributed by atoms with van der Waals surface area (Å²) in [5.41, 5.74) is 4.66. The number of rotatable bonds is 12. The van der Waals surface area contributed by atoms with Gasteiger partial charge in [0.2, 0.25) is 5.78 Å². The molecule has 0 radical (unpaired) electrons. The average molecular weight is 644 g/mol. The van der Waals surface area contributed by atoms with Gasteiger partial charge < -0.3 is 9.40 Å². The first-order valence-electron chi connectivity index (χ1n) is 13.5. The number of aryl methyl sites for hydroxylation is 2. The minimum absolute atomic E-state index is 0.0486. The molecule has 0 N–H and O–H groups in total. The number of hydrogen-bond acceptors (Lipinski definition) is 6. The molecule has 4 aromatic rings. The molecule has 0 saturated heterocycles. The van der Waals surface area contributed by atoms with Crippen molar-refractivity contribution < 1.29 is 19.2 Å². The van der Waals surface area contributed by atoms with Crippen LogP contribution in [0.15, 0.2) is 101 Å². The molecule has 6 nitrogen and oxygen atoms in total. The van der Waals surface area contributed by atoms with Crippen molar-refractivity contribution in [1.82, 2.24) is 4.57 Å². The van der Waals surface area contributed by atoms with E-state index in [-0.39, 0.29) is 23.7 Å². The second-order valence-electron chi connectivity index (χ2n) is 9.49. The maximum Gasteiger partial charge on any atom is 0.331 e. The number of ketones is 2. The summed E-state index contributed by atoms with van der Waals surface area (Å²) in [7, 11) is 0. The van der Waals surface area contributed by atoms with Crippen LogP contribution in [0.1, 0.15) is 52.1 Å². The first kappa shape index (κ1) is 30.9. The Morgan fingerprint density at radius 2 is 1.69 bits per heavy atom. The molecule has 214 valence electrons. The number of Topliss-reactive ketones (excluding diaryl/α,β-unsaturated/α-hetero) is 1. The Balaban J connectivity index is 1.73. The van der Waals surface area contributed by atoms with Gasteiger partial charge in [0.05, 0.1) is 0 Å². The van der Waals surface area contributed by atoms with Crippen LogP contribution in [0.4, 0.5) is 0 Å². The number of carbonyl (C=O) groups excluding carboxylic acids is 3. The van der Waals surface area contributed by atoms with Crippen molar-refractivity contribution in [3.05, 3.63) is 118 Å². The number of oxime groups is 1. The van der Waals surface area contributed by atoms with Crippen LogP contribution in [-0.4, -0.2) is 33.6 Å². The van der Waals surface area contributed by atoms with Gasteiger partial charge in [-0.25, -0.2) is 4.79 Å². The number of aromatic nitrogens is 1. The van der Waals surface area contributed by atoms with Gasteiger partial charge in [0.25, 0.3) is 0 Å². The highest BCUT2D eigenvalue weighted by atomic mass is 79.9. The number of thioether (sulfide) groups is 1. The van der Waals surface area contributed by atoms with E-state index in [1.165, 1.54) is 18.7 Å². The lowest BCUT2D eigenvalue weighted by atomic mass is 9.97. The highest BCUT2D eigenvalue weighted by Crippen LogP contribution is 2.32. The number of benzene rings is 3. The maximum atomic E-state index is 13.7. The SMILES string of the molecule is C=C/C(=C\C=C\Br)SCC/C(=N\OC(C)=O)C(=O)c1ccc2c(c1)c1cc(C(=O)c3ccccc3C)ccc1n2CC. The predicted molar refractivity (Wildman–Crippen MR) is 177 cm³/mol. The molecule has 0 amide bonds. The molecule has 42 heavy (non-hydrogen) atoms. The molecule has 8 heteroatoms. The molecule has 1 aromatic heterocycles. The Morgan fingerprint density at radius 1 is 1.02 bits per heavy atom. The van der Waals surface area contributed by atoms with Gasteiger partial charge in [0, 0.05) is 69.0 Å². The molecular formula is C34H31BrN2O4S. The highest BCUT2D eigenvalue weighted by Gasteiger charge is 2.20. The molecule has 0 bridgehead atoms. The van der Waals surface area contributed by atoms with E-state index in [1.54, 1.807) is 17.1 Å². The van der Waals surface area contributed by atoms with Crippen LogP contribution in [0.5, 0.6) is 0 Å². The van der Waals surface area contributed by atoms with Gasteiger partial charge in [-0.1, -0.05) is 64.1 Å². The minimum Gasteiger partial charge on any atom is -0.341 e. The molecule has 0 aliphatic heterocycles. The average Bonchev–Trinajstić information content (AvgIpc) is 3.32. The first-order chi connectivity index (χ1) is 20.3. The van der Waals surface area contributed by atoms with Crippen molar-refractivity contribution in [1.29, 1.82) is 0 Å². The van der Waals surface area contributed by atoms with E-state index in [0.29, 0.717) is 22.4 Å². The van der Waals surface area contributed by atoms with E-state index < -0.39 is 5.97 Å². The summed E-state index contributed by atoms with van der Waals surface area (Å²) in [6.45, 7) is 9.78. The number of hydrogen-bond donors (Lipinski definition) is 0. The van der Waals surface area contributed by atoms with Crippen molar-refractivity contribution in [2.24, 2.45) is 5.16 Å². The van der Waals surface area contributed by atoms with Gasteiger partial charge in [0.15, 0.2) is 5.78 Å². The summed E-state index contributed by atoms with van der Waals surface area (Å²) in [5, 5.41) is 5.66. The molecule has 0 spiro atoms. The molecular weight excluding hydrogens is 612 g/mol. The van der Waals surface area contributed by atoms with Crippen LogP contribution in [0, 0.1) is 6.92 Å². The van der Waals surface area contributed by atoms with Crippen molar-refractivity contribution in [3.63, 3.8) is 0 Å². The molecule has 0 aliphatic carbocycles. The molecule has 0 unspecified atom stereocenters. The van der Waals surface area contributed by atoms with Crippen LogP contribution < -0.4 is 0 Å². The third-order valence-corrected chi connectivity index (χ3v) is 8.13. The van der Waals surface area contributed by atoms with E-state index in [1.807, 2.05) is 73.7 Å². The summed E-state index contributed by atoms with van der Waals surface area (Å²) in [4.78, 5) is 46.2. The van der Waals surface area contributed by atoms with Crippen LogP contribution in [0.3, 0.4) is 0 Å². The summed E-state index contributed by atoms with van der Waals surface area (Å²) in [6.07, 6.45) is 5.75. The Kier molecular flexibility index (Phi) is 10.5. The van der Waals surface area contributed by atoms with Crippen LogP contribution in [0.25, 0.3) is 21.8 Å². The fraction of sp³-hybridized carbons (Fsp3) is 0.176. The lowest BCUT2D eigenvalue weighted by molar-refractivity contribution is -0.140. The zero-order valence-corrected chi connectivity index (χ0v) is 26.1. The van der Waals surface area contributed by atoms with Crippen LogP contribution >= 0.6 is 27.7 Å². The second-order valence-corrected chi connectivity index (χ2v) is 11.2. The Labute approximate surface area is 257 Å². The van der Waals surface area contributed by atoms with Crippen molar-refractivity contribution >= 4 is 72.7 Å². The van der Waals surface area contributed by atoms with E-state index in [9.17, 15) is 14.4 Å². The molecule has 0 saturated carbocycles. The summed E-state index contributed by atoms with van der Waals surface area (Å²) >= 11 is 4.75. The maximum absolute atomic E-state index is 13.7. The minimum atomic E-state index is -0.602. The lowest BCUT2D eigenvalue weighted by Gasteiger charge is -2.07. The number of fused-ring (bicyclic) bond motifs is 3. The molecule has 1 heterocycles. The summed E-state index contributed by atoms with van der Waals surface area (Å²) < 4.78 is 2.16. The summed E-state index contributed by atoms with van der Waals surface area (Å²) in [6, 6.07) is 18.8. The van der Waals surface area contributed by atoms with E-state index in [0.717, 1.165) is 38.8 Å². The van der Waals surface area contributed by atoms with Gasteiger partial charge in [-0.2, -0.15) is 0 Å². The monoisotopic (exact) mass is 642 g/mol. The molecule has 4 rings (SSSR count). The fourth-order valence-electron chi connectivity index (χ4n) is 4.77. The third-order valence-electron chi connectivity index (χ3n) is 6.78. The summed E-state index contributed by atoms with van der Waals surface area (Å²) in [5.74, 6) is -0.448. The van der Waals surface area contributed by atoms with Gasteiger partial charge in [-0.3, -0.25) is 9.59 Å². The van der Waals surface area contributed by atoms with Crippen molar-refractivity contribution in [3.8, 4) is 0 Å². The highest BCUT2D eigenvalue weighted by molar-refractivity contribution is 9.11. The Morgan fingerprint density at radius 3 is 2.31 bits per heavy atom. The van der Waals surface area contributed by atoms with Crippen LogP contribution in [-0.2, 0) is 16.2 Å². The molecule has 0 aliphatic rings. The number of nitrogens with zero attached hydrogens (tertiary/aromatic N) is 2. The van der Waals surface area contributed by atoms with Crippen molar-refractivity contribution in [2.45, 2.75) is 33.7 Å². The fourth-order valence-corrected chi connectivity index (χ4v) is 5.75. The van der Waals surface area contributed by atoms with Gasteiger partial charge >= 0.3 is 5.97 Å². The quantitative estimate of drug-likeness (QED) is 0.0508. The third kappa shape index (κ3) is 6.89. The van der Waals surface area contributed by atoms with Crippen molar-refractivity contribution in [2.75, 3.05) is 5.75 Å². The molecule has 0 atom stereocenters. The van der Waals surface area contributed by atoms with Gasteiger partial charge in [-0.15, -0.1) is 11.8 Å². The number of halogens is 1. The zero-order chi connectivity index (χ0) is 30.2. The molecule has 3 aromatic carbocycles. The topological polar surface area (TPSA) is 77.7 Å². The Hall–Kier alpha value is -4.01. The molecule has 0 fully saturated rings. The standard InChI is InChI=1S/C34H31BrN2O4S/c1-5-26(11-9-18-35)42-19-17-30(36-41-23(4)38)34(40)25-14-16-32-29(21-25)28-20-24(13-15-31(28)37(32)6-2)33(39)27-12-8-7-10-22(27)3/h5,7-16,18,20-21H,1,6,17,19H2,2-4H3/b18-9+,26-11+,36-30+. The van der Waals surface area contributed by atoms with E-state index >= 15 is 0 Å². The largest absolute Gasteiger partial charge is 0.341 e. The van der Waals surface area contributed by atoms with Gasteiger partial charge in [-0.05, 0) is 66.9 Å². The number of allylic oxidation sites excluding steroid dienone is 3.